The van der Waals surface area contributed by atoms with Crippen molar-refractivity contribution in [2.45, 2.75) is 37.4 Å². The molecule has 2 aromatic rings. The molecule has 4 rings (SSSR count). The van der Waals surface area contributed by atoms with Crippen LogP contribution in [0.4, 0.5) is 5.69 Å². The van der Waals surface area contributed by atoms with E-state index in [0.717, 1.165) is 49.4 Å². The Hall–Kier alpha value is -2.57. The standard InChI is InChI=1S/C25H33N3O3/c1-26-25(30)24(31-22-12-6-10-19-11-7-14-27(2)23(19)22)21(18-8-4-3-5-9-18)17-28-15-13-20(29)16-28/h3-6,8-10,12,20-21,24,29H,7,11,13-17H2,1-2H3,(H,26,30)/t20-,21+,24?/m0/s1. The first-order chi connectivity index (χ1) is 15.1. The number of β-amino-alcohol motifs (C(OH)–C–C–N with tert-alkyl or cyclic N) is 1. The van der Waals surface area contributed by atoms with Gasteiger partial charge in [-0.2, -0.15) is 0 Å². The summed E-state index contributed by atoms with van der Waals surface area (Å²) in [7, 11) is 3.74. The first-order valence-corrected chi connectivity index (χ1v) is 11.2. The molecule has 0 bridgehead atoms. The van der Waals surface area contributed by atoms with Crippen molar-refractivity contribution < 1.29 is 14.6 Å². The van der Waals surface area contributed by atoms with Crippen molar-refractivity contribution in [3.63, 3.8) is 0 Å². The number of amides is 1. The second-order valence-electron chi connectivity index (χ2n) is 8.66. The number of likely N-dealkylation sites (N-methyl/N-ethyl adjacent to an activating group) is 1. The fourth-order valence-electron chi connectivity index (χ4n) is 4.85. The quantitative estimate of drug-likeness (QED) is 0.716. The van der Waals surface area contributed by atoms with Crippen LogP contribution in [-0.2, 0) is 11.2 Å². The van der Waals surface area contributed by atoms with Crippen LogP contribution in [0.5, 0.6) is 5.75 Å². The molecule has 2 aliphatic rings. The molecule has 2 heterocycles. The molecule has 0 aromatic heterocycles. The Morgan fingerprint density at radius 2 is 2.00 bits per heavy atom. The van der Waals surface area contributed by atoms with Crippen LogP contribution in [0.3, 0.4) is 0 Å². The van der Waals surface area contributed by atoms with Crippen LogP contribution in [0.2, 0.25) is 0 Å². The summed E-state index contributed by atoms with van der Waals surface area (Å²) in [5.74, 6) is 0.469. The minimum Gasteiger partial charge on any atom is -0.478 e. The minimum absolute atomic E-state index is 0.135. The number of anilines is 1. The number of nitrogens with zero attached hydrogens (tertiary/aromatic N) is 2. The van der Waals surface area contributed by atoms with Gasteiger partial charge in [-0.15, -0.1) is 0 Å². The van der Waals surface area contributed by atoms with Crippen LogP contribution in [0.15, 0.2) is 48.5 Å². The number of nitrogens with one attached hydrogen (secondary N) is 1. The Morgan fingerprint density at radius 3 is 2.71 bits per heavy atom. The summed E-state index contributed by atoms with van der Waals surface area (Å²) in [6.45, 7) is 3.09. The zero-order chi connectivity index (χ0) is 21.8. The highest BCUT2D eigenvalue weighted by molar-refractivity contribution is 5.82. The van der Waals surface area contributed by atoms with E-state index in [-0.39, 0.29) is 17.9 Å². The third-order valence-corrected chi connectivity index (χ3v) is 6.46. The van der Waals surface area contributed by atoms with Gasteiger partial charge < -0.3 is 20.1 Å². The van der Waals surface area contributed by atoms with Gasteiger partial charge in [0.2, 0.25) is 0 Å². The van der Waals surface area contributed by atoms with Crippen LogP contribution < -0.4 is 15.0 Å². The largest absolute Gasteiger partial charge is 0.478 e. The molecule has 2 N–H and O–H groups in total. The molecule has 0 aliphatic carbocycles. The number of aryl methyl sites for hydroxylation is 1. The van der Waals surface area contributed by atoms with E-state index < -0.39 is 6.10 Å². The molecule has 0 radical (unpaired) electrons. The summed E-state index contributed by atoms with van der Waals surface area (Å²) in [5.41, 5.74) is 3.42. The normalized spacial score (nSPS) is 20.7. The van der Waals surface area contributed by atoms with Crippen molar-refractivity contribution in [1.29, 1.82) is 0 Å². The summed E-state index contributed by atoms with van der Waals surface area (Å²) in [6, 6.07) is 16.2. The maximum Gasteiger partial charge on any atom is 0.261 e. The highest BCUT2D eigenvalue weighted by Gasteiger charge is 2.35. The highest BCUT2D eigenvalue weighted by Crippen LogP contribution is 2.37. The minimum atomic E-state index is -0.674. The second kappa shape index (κ2) is 9.71. The molecule has 166 valence electrons. The third-order valence-electron chi connectivity index (χ3n) is 6.46. The third kappa shape index (κ3) is 4.86. The van der Waals surface area contributed by atoms with E-state index in [2.05, 4.69) is 40.4 Å². The first kappa shape index (κ1) is 21.7. The predicted molar refractivity (Wildman–Crippen MR) is 123 cm³/mol. The SMILES string of the molecule is CNC(=O)C(Oc1cccc2c1N(C)CCC2)[C@H](CN1CC[C@H](O)C1)c1ccccc1. The Morgan fingerprint density at radius 1 is 1.19 bits per heavy atom. The lowest BCUT2D eigenvalue weighted by molar-refractivity contribution is -0.128. The molecule has 2 aromatic carbocycles. The van der Waals surface area contributed by atoms with Gasteiger partial charge in [0.25, 0.3) is 5.91 Å². The van der Waals surface area contributed by atoms with E-state index >= 15 is 0 Å². The fourth-order valence-corrected chi connectivity index (χ4v) is 4.85. The lowest BCUT2D eigenvalue weighted by Crippen LogP contribution is -2.45. The summed E-state index contributed by atoms with van der Waals surface area (Å²) >= 11 is 0. The molecular formula is C25H33N3O3. The molecule has 31 heavy (non-hydrogen) atoms. The van der Waals surface area contributed by atoms with Crippen LogP contribution in [0.25, 0.3) is 0 Å². The molecule has 6 heteroatoms. The molecule has 3 atom stereocenters. The molecule has 1 saturated heterocycles. The topological polar surface area (TPSA) is 65.0 Å². The number of rotatable bonds is 7. The van der Waals surface area contributed by atoms with E-state index in [0.29, 0.717) is 13.1 Å². The van der Waals surface area contributed by atoms with Gasteiger partial charge in [-0.05, 0) is 36.5 Å². The van der Waals surface area contributed by atoms with Gasteiger partial charge >= 0.3 is 0 Å². The molecule has 1 unspecified atom stereocenters. The summed E-state index contributed by atoms with van der Waals surface area (Å²) in [5, 5.41) is 12.8. The molecule has 2 aliphatic heterocycles. The Balaban J connectivity index is 1.68. The zero-order valence-electron chi connectivity index (χ0n) is 18.5. The Bertz CT molecular complexity index is 889. The molecular weight excluding hydrogens is 390 g/mol. The average Bonchev–Trinajstić information content (AvgIpc) is 3.21. The van der Waals surface area contributed by atoms with Gasteiger partial charge in [0, 0.05) is 46.2 Å². The zero-order valence-corrected chi connectivity index (χ0v) is 18.5. The maximum atomic E-state index is 13.1. The number of aliphatic hydroxyl groups excluding tert-OH is 1. The number of carbonyl (C=O) groups is 1. The Kier molecular flexibility index (Phi) is 6.78. The number of aliphatic hydroxyl groups is 1. The van der Waals surface area contributed by atoms with Gasteiger partial charge in [-0.3, -0.25) is 9.69 Å². The second-order valence-corrected chi connectivity index (χ2v) is 8.66. The highest BCUT2D eigenvalue weighted by atomic mass is 16.5. The maximum absolute atomic E-state index is 13.1. The van der Waals surface area contributed by atoms with Crippen molar-refractivity contribution in [3.05, 3.63) is 59.7 Å². The summed E-state index contributed by atoms with van der Waals surface area (Å²) < 4.78 is 6.55. The number of likely N-dealkylation sites (tertiary alicyclic amines) is 1. The summed E-state index contributed by atoms with van der Waals surface area (Å²) in [6.07, 6.45) is 1.94. The van der Waals surface area contributed by atoms with Crippen molar-refractivity contribution in [2.75, 3.05) is 45.2 Å². The first-order valence-electron chi connectivity index (χ1n) is 11.2. The van der Waals surface area contributed by atoms with Gasteiger partial charge in [0.1, 0.15) is 5.75 Å². The Labute approximate surface area is 184 Å². The number of benzene rings is 2. The smallest absolute Gasteiger partial charge is 0.261 e. The van der Waals surface area contributed by atoms with Gasteiger partial charge in [-0.25, -0.2) is 0 Å². The van der Waals surface area contributed by atoms with E-state index in [1.54, 1.807) is 7.05 Å². The number of hydrogen-bond acceptors (Lipinski definition) is 5. The average molecular weight is 424 g/mol. The van der Waals surface area contributed by atoms with Crippen LogP contribution in [-0.4, -0.2) is 68.4 Å². The van der Waals surface area contributed by atoms with Crippen molar-refractivity contribution in [3.8, 4) is 5.75 Å². The van der Waals surface area contributed by atoms with E-state index in [9.17, 15) is 9.90 Å². The number of carbonyl (C=O) groups excluding carboxylic acids is 1. The molecule has 1 amide bonds. The molecule has 1 fully saturated rings. The number of ether oxygens (including phenoxy) is 1. The molecule has 0 saturated carbocycles. The lowest BCUT2D eigenvalue weighted by atomic mass is 9.91. The summed E-state index contributed by atoms with van der Waals surface area (Å²) in [4.78, 5) is 17.6. The van der Waals surface area contributed by atoms with Crippen molar-refractivity contribution in [1.82, 2.24) is 10.2 Å². The van der Waals surface area contributed by atoms with E-state index in [1.807, 2.05) is 30.3 Å². The number of para-hydroxylation sites is 1. The lowest BCUT2D eigenvalue weighted by Gasteiger charge is -2.34. The van der Waals surface area contributed by atoms with Crippen molar-refractivity contribution >= 4 is 11.6 Å². The van der Waals surface area contributed by atoms with E-state index in [4.69, 9.17) is 4.74 Å². The van der Waals surface area contributed by atoms with Crippen molar-refractivity contribution in [2.24, 2.45) is 0 Å². The van der Waals surface area contributed by atoms with Crippen LogP contribution in [0.1, 0.15) is 29.9 Å². The van der Waals surface area contributed by atoms with Gasteiger partial charge in [-0.1, -0.05) is 42.5 Å². The monoisotopic (exact) mass is 423 g/mol. The molecule has 6 nitrogen and oxygen atoms in total. The van der Waals surface area contributed by atoms with Crippen LogP contribution >= 0.6 is 0 Å². The fraction of sp³-hybridized carbons (Fsp3) is 0.480. The van der Waals surface area contributed by atoms with Gasteiger partial charge in [0.15, 0.2) is 6.10 Å². The number of hydrogen-bond donors (Lipinski definition) is 2. The van der Waals surface area contributed by atoms with E-state index in [1.165, 1.54) is 5.56 Å². The molecule has 0 spiro atoms. The number of fused-ring (bicyclic) bond motifs is 1. The predicted octanol–water partition coefficient (Wildman–Crippen LogP) is 2.41. The van der Waals surface area contributed by atoms with Gasteiger partial charge in [0.05, 0.1) is 11.8 Å². The van der Waals surface area contributed by atoms with Crippen LogP contribution in [0, 0.1) is 0 Å².